The van der Waals surface area contributed by atoms with Gasteiger partial charge in [0.05, 0.1) is 18.6 Å². The van der Waals surface area contributed by atoms with Gasteiger partial charge >= 0.3 is 0 Å². The summed E-state index contributed by atoms with van der Waals surface area (Å²) in [5.41, 5.74) is 5.66. The molecule has 2 aromatic carbocycles. The first kappa shape index (κ1) is 20.2. The Morgan fingerprint density at radius 2 is 1.72 bits per heavy atom. The number of hydrogen-bond acceptors (Lipinski definition) is 6. The Hall–Kier alpha value is -3.74. The van der Waals surface area contributed by atoms with Crippen LogP contribution < -0.4 is 9.80 Å². The maximum atomic E-state index is 5.01. The van der Waals surface area contributed by atoms with Gasteiger partial charge in [-0.1, -0.05) is 62.4 Å². The van der Waals surface area contributed by atoms with Crippen LogP contribution >= 0.6 is 0 Å². The molecular weight excluding hydrogens is 398 g/mol. The number of rotatable bonds is 5. The first-order valence-corrected chi connectivity index (χ1v) is 10.9. The van der Waals surface area contributed by atoms with Gasteiger partial charge in [-0.3, -0.25) is 4.68 Å². The number of hydrogen-bond donors (Lipinski definition) is 0. The molecule has 2 aromatic heterocycles. The molecule has 1 aliphatic heterocycles. The molecule has 0 aliphatic carbocycles. The molecule has 0 amide bonds. The molecule has 7 nitrogen and oxygen atoms in total. The lowest BCUT2D eigenvalue weighted by atomic mass is 9.97. The highest BCUT2D eigenvalue weighted by atomic mass is 15.4. The molecule has 0 spiro atoms. The molecule has 32 heavy (non-hydrogen) atoms. The standard InChI is InChI=1S/C25H27N7/c1-17(2)20-7-5-6-8-21(20)24-26-13-22-25(28-24)32(16-30(22)3)14-18-9-11-19(12-10-18)23-27-15-31(4)29-23/h5-13,15,17H,14,16H2,1-4H3. The molecule has 0 radical (unpaired) electrons. The Bertz CT molecular complexity index is 1240. The van der Waals surface area contributed by atoms with Crippen LogP contribution in [0.5, 0.6) is 0 Å². The van der Waals surface area contributed by atoms with Crippen LogP contribution in [0.2, 0.25) is 0 Å². The van der Waals surface area contributed by atoms with Crippen molar-refractivity contribution in [3.63, 3.8) is 0 Å². The van der Waals surface area contributed by atoms with E-state index in [1.165, 1.54) is 11.1 Å². The van der Waals surface area contributed by atoms with Gasteiger partial charge in [0, 0.05) is 31.8 Å². The van der Waals surface area contributed by atoms with Crippen LogP contribution in [0.4, 0.5) is 11.5 Å². The van der Waals surface area contributed by atoms with Gasteiger partial charge in [-0.25, -0.2) is 15.0 Å². The van der Waals surface area contributed by atoms with E-state index >= 15 is 0 Å². The number of aryl methyl sites for hydroxylation is 1. The van der Waals surface area contributed by atoms with Gasteiger partial charge in [-0.2, -0.15) is 5.10 Å². The van der Waals surface area contributed by atoms with Gasteiger partial charge in [0.1, 0.15) is 6.33 Å². The van der Waals surface area contributed by atoms with Crippen LogP contribution in [0.3, 0.4) is 0 Å². The van der Waals surface area contributed by atoms with Gasteiger partial charge < -0.3 is 9.80 Å². The Kier molecular flexibility index (Phi) is 5.09. The molecular formula is C25H27N7. The second kappa shape index (κ2) is 8.07. The average molecular weight is 426 g/mol. The zero-order valence-electron chi connectivity index (χ0n) is 18.9. The van der Waals surface area contributed by atoms with Crippen molar-refractivity contribution in [2.24, 2.45) is 7.05 Å². The third-order valence-electron chi connectivity index (χ3n) is 5.85. The predicted molar refractivity (Wildman–Crippen MR) is 127 cm³/mol. The molecule has 4 aromatic rings. The van der Waals surface area contributed by atoms with Crippen molar-refractivity contribution >= 4 is 11.5 Å². The lowest BCUT2D eigenvalue weighted by molar-refractivity contribution is 0.768. The van der Waals surface area contributed by atoms with Gasteiger partial charge in [0.2, 0.25) is 0 Å². The summed E-state index contributed by atoms with van der Waals surface area (Å²) < 4.78 is 1.72. The summed E-state index contributed by atoms with van der Waals surface area (Å²) in [5.74, 6) is 2.91. The number of aromatic nitrogens is 5. The van der Waals surface area contributed by atoms with Crippen LogP contribution in [-0.2, 0) is 13.6 Å². The van der Waals surface area contributed by atoms with E-state index in [2.05, 4.69) is 89.3 Å². The van der Waals surface area contributed by atoms with Crippen molar-refractivity contribution < 1.29 is 0 Å². The fourth-order valence-corrected chi connectivity index (χ4v) is 4.18. The summed E-state index contributed by atoms with van der Waals surface area (Å²) >= 11 is 0. The average Bonchev–Trinajstić information content (AvgIpc) is 3.37. The highest BCUT2D eigenvalue weighted by Crippen LogP contribution is 2.36. The first-order chi connectivity index (χ1) is 15.5. The third-order valence-corrected chi connectivity index (χ3v) is 5.85. The summed E-state index contributed by atoms with van der Waals surface area (Å²) in [6.45, 7) is 5.96. The monoisotopic (exact) mass is 425 g/mol. The SMILES string of the molecule is CC(C)c1ccccc1-c1ncc2c(n1)N(Cc1ccc(-c3ncn(C)n3)cc1)CN2C. The zero-order valence-corrected chi connectivity index (χ0v) is 18.9. The van der Waals surface area contributed by atoms with Crippen LogP contribution in [0.25, 0.3) is 22.8 Å². The number of benzene rings is 2. The zero-order chi connectivity index (χ0) is 22.2. The summed E-state index contributed by atoms with van der Waals surface area (Å²) in [6.07, 6.45) is 3.67. The summed E-state index contributed by atoms with van der Waals surface area (Å²) in [5, 5.41) is 4.38. The largest absolute Gasteiger partial charge is 0.353 e. The molecule has 0 saturated heterocycles. The van der Waals surface area contributed by atoms with Gasteiger partial charge in [-0.05, 0) is 17.0 Å². The molecule has 0 atom stereocenters. The van der Waals surface area contributed by atoms with E-state index in [1.54, 1.807) is 11.0 Å². The fraction of sp³-hybridized carbons (Fsp3) is 0.280. The molecule has 162 valence electrons. The summed E-state index contributed by atoms with van der Waals surface area (Å²) in [4.78, 5) is 18.5. The second-order valence-electron chi connectivity index (χ2n) is 8.62. The van der Waals surface area contributed by atoms with Crippen molar-refractivity contribution in [2.45, 2.75) is 26.3 Å². The van der Waals surface area contributed by atoms with E-state index in [-0.39, 0.29) is 0 Å². The van der Waals surface area contributed by atoms with E-state index in [1.807, 2.05) is 13.2 Å². The highest BCUT2D eigenvalue weighted by molar-refractivity contribution is 5.74. The molecule has 7 heteroatoms. The predicted octanol–water partition coefficient (Wildman–Crippen LogP) is 4.48. The van der Waals surface area contributed by atoms with E-state index in [0.717, 1.165) is 47.5 Å². The summed E-state index contributed by atoms with van der Waals surface area (Å²) in [7, 11) is 3.96. The van der Waals surface area contributed by atoms with Crippen molar-refractivity contribution in [1.29, 1.82) is 0 Å². The maximum absolute atomic E-state index is 5.01. The first-order valence-electron chi connectivity index (χ1n) is 10.9. The molecule has 0 saturated carbocycles. The van der Waals surface area contributed by atoms with Crippen molar-refractivity contribution in [3.8, 4) is 22.8 Å². The van der Waals surface area contributed by atoms with Crippen molar-refractivity contribution in [1.82, 2.24) is 24.7 Å². The minimum atomic E-state index is 0.411. The number of nitrogens with zero attached hydrogens (tertiary/aromatic N) is 7. The molecule has 0 unspecified atom stereocenters. The minimum Gasteiger partial charge on any atom is -0.353 e. The van der Waals surface area contributed by atoms with E-state index in [9.17, 15) is 0 Å². The van der Waals surface area contributed by atoms with Gasteiger partial charge in [0.25, 0.3) is 0 Å². The molecule has 5 rings (SSSR count). The van der Waals surface area contributed by atoms with Gasteiger partial charge in [0.15, 0.2) is 17.5 Å². The van der Waals surface area contributed by atoms with Crippen molar-refractivity contribution in [3.05, 3.63) is 72.2 Å². The van der Waals surface area contributed by atoms with Crippen LogP contribution in [0.15, 0.2) is 61.1 Å². The van der Waals surface area contributed by atoms with Crippen LogP contribution in [-0.4, -0.2) is 38.4 Å². The Balaban J connectivity index is 1.43. The van der Waals surface area contributed by atoms with Crippen LogP contribution in [0, 0.1) is 0 Å². The highest BCUT2D eigenvalue weighted by Gasteiger charge is 2.26. The van der Waals surface area contributed by atoms with E-state index in [4.69, 9.17) is 9.97 Å². The molecule has 0 fully saturated rings. The Labute approximate surface area is 188 Å². The van der Waals surface area contributed by atoms with E-state index in [0.29, 0.717) is 5.92 Å². The molecule has 3 heterocycles. The minimum absolute atomic E-state index is 0.411. The van der Waals surface area contributed by atoms with Gasteiger partial charge in [-0.15, -0.1) is 0 Å². The molecule has 0 N–H and O–H groups in total. The second-order valence-corrected chi connectivity index (χ2v) is 8.62. The Morgan fingerprint density at radius 1 is 0.938 bits per heavy atom. The van der Waals surface area contributed by atoms with Crippen molar-refractivity contribution in [2.75, 3.05) is 23.5 Å². The van der Waals surface area contributed by atoms with Crippen LogP contribution in [0.1, 0.15) is 30.9 Å². The lowest BCUT2D eigenvalue weighted by Crippen LogP contribution is -2.27. The summed E-state index contributed by atoms with van der Waals surface area (Å²) in [6, 6.07) is 16.9. The molecule has 1 aliphatic rings. The Morgan fingerprint density at radius 3 is 2.44 bits per heavy atom. The fourth-order valence-electron chi connectivity index (χ4n) is 4.18. The molecule has 0 bridgehead atoms. The normalized spacial score (nSPS) is 13.2. The van der Waals surface area contributed by atoms with E-state index < -0.39 is 0 Å². The quantitative estimate of drug-likeness (QED) is 0.470. The third kappa shape index (κ3) is 3.70. The number of anilines is 2. The number of fused-ring (bicyclic) bond motifs is 1. The topological polar surface area (TPSA) is 63.0 Å². The smallest absolute Gasteiger partial charge is 0.181 e. The lowest BCUT2D eigenvalue weighted by Gasteiger charge is -2.19. The maximum Gasteiger partial charge on any atom is 0.181 e.